The molecule has 3 rings (SSSR count). The van der Waals surface area contributed by atoms with Gasteiger partial charge in [0.25, 0.3) is 0 Å². The first-order valence-electron chi connectivity index (χ1n) is 9.02. The number of likely N-dealkylation sites (N-methyl/N-ethyl adjacent to an activating group) is 1. The molecule has 1 amide bonds. The molecule has 1 saturated heterocycles. The Hall–Kier alpha value is -1.96. The molecule has 7 nitrogen and oxygen atoms in total. The van der Waals surface area contributed by atoms with Crippen LogP contribution in [0.5, 0.6) is 0 Å². The molecule has 1 aromatic carbocycles. The normalized spacial score (nSPS) is 22.9. The predicted molar refractivity (Wildman–Crippen MR) is 94.9 cm³/mol. The van der Waals surface area contributed by atoms with Crippen LogP contribution in [0.3, 0.4) is 0 Å². The summed E-state index contributed by atoms with van der Waals surface area (Å²) in [6.45, 7) is 2.60. The van der Waals surface area contributed by atoms with Crippen LogP contribution in [-0.4, -0.2) is 79.3 Å². The van der Waals surface area contributed by atoms with Gasteiger partial charge in [-0.25, -0.2) is 0 Å². The summed E-state index contributed by atoms with van der Waals surface area (Å²) >= 11 is 0. The summed E-state index contributed by atoms with van der Waals surface area (Å²) in [5, 5.41) is 8.86. The van der Waals surface area contributed by atoms with Crippen molar-refractivity contribution in [3.05, 3.63) is 35.4 Å². The molecule has 2 aliphatic rings. The fraction of sp³-hybridized carbons (Fsp3) is 0.579. The molecule has 0 aliphatic carbocycles. The van der Waals surface area contributed by atoms with E-state index < -0.39 is 5.97 Å². The van der Waals surface area contributed by atoms with Gasteiger partial charge in [0.15, 0.2) is 0 Å². The lowest BCUT2D eigenvalue weighted by Crippen LogP contribution is -2.50. The lowest BCUT2D eigenvalue weighted by atomic mass is 9.95. The number of nitrogens with zero attached hydrogens (tertiary/aromatic N) is 2. The number of fused-ring (bicyclic) bond motifs is 1. The fourth-order valence-corrected chi connectivity index (χ4v) is 3.63. The van der Waals surface area contributed by atoms with Crippen LogP contribution in [0, 0.1) is 0 Å². The summed E-state index contributed by atoms with van der Waals surface area (Å²) < 4.78 is 11.5. The first-order valence-corrected chi connectivity index (χ1v) is 9.02. The molecule has 142 valence electrons. The Morgan fingerprint density at radius 1 is 1.27 bits per heavy atom. The Balaban J connectivity index is 1.56. The van der Waals surface area contributed by atoms with E-state index in [-0.39, 0.29) is 24.7 Å². The highest BCUT2D eigenvalue weighted by Crippen LogP contribution is 2.30. The largest absolute Gasteiger partial charge is 0.480 e. The van der Waals surface area contributed by atoms with E-state index in [1.54, 1.807) is 11.9 Å². The number of carboxylic acids is 1. The molecule has 2 aliphatic heterocycles. The second kappa shape index (κ2) is 8.62. The number of carbonyl (C=O) groups excluding carboxylic acids is 1. The van der Waals surface area contributed by atoms with Gasteiger partial charge in [-0.1, -0.05) is 24.3 Å². The highest BCUT2D eigenvalue weighted by atomic mass is 16.5. The Kier molecular flexibility index (Phi) is 6.24. The minimum Gasteiger partial charge on any atom is -0.480 e. The van der Waals surface area contributed by atoms with E-state index in [0.29, 0.717) is 39.3 Å². The van der Waals surface area contributed by atoms with Crippen LogP contribution in [0.1, 0.15) is 23.7 Å². The zero-order chi connectivity index (χ0) is 18.5. The van der Waals surface area contributed by atoms with Crippen molar-refractivity contribution in [1.29, 1.82) is 0 Å². The number of carbonyl (C=O) groups is 2. The number of amides is 1. The van der Waals surface area contributed by atoms with Crippen molar-refractivity contribution in [2.24, 2.45) is 0 Å². The average Bonchev–Trinajstić information content (AvgIpc) is 2.61. The minimum atomic E-state index is -0.871. The zero-order valence-corrected chi connectivity index (χ0v) is 15.1. The SMILES string of the molecule is CN(CC(=O)O)C[C@@H]1CN(C(=O)C[C@H]2OCCc3ccccc32)CCO1. The van der Waals surface area contributed by atoms with Gasteiger partial charge in [-0.2, -0.15) is 0 Å². The van der Waals surface area contributed by atoms with Crippen molar-refractivity contribution in [1.82, 2.24) is 9.80 Å². The van der Waals surface area contributed by atoms with Gasteiger partial charge in [0, 0.05) is 19.6 Å². The van der Waals surface area contributed by atoms with Crippen molar-refractivity contribution in [2.45, 2.75) is 25.0 Å². The Bertz CT molecular complexity index is 651. The number of hydrogen-bond donors (Lipinski definition) is 1. The molecule has 0 radical (unpaired) electrons. The van der Waals surface area contributed by atoms with Crippen molar-refractivity contribution in [2.75, 3.05) is 46.4 Å². The van der Waals surface area contributed by atoms with Gasteiger partial charge in [-0.3, -0.25) is 14.5 Å². The summed E-state index contributed by atoms with van der Waals surface area (Å²) in [4.78, 5) is 27.1. The predicted octanol–water partition coefficient (Wildman–Crippen LogP) is 0.934. The summed E-state index contributed by atoms with van der Waals surface area (Å²) in [6.07, 6.45) is 0.852. The van der Waals surface area contributed by atoms with Gasteiger partial charge in [-0.15, -0.1) is 0 Å². The number of carboxylic acid groups (broad SMARTS) is 1. The number of benzene rings is 1. The van der Waals surface area contributed by atoms with E-state index in [1.165, 1.54) is 5.56 Å². The van der Waals surface area contributed by atoms with Gasteiger partial charge in [-0.05, 0) is 24.6 Å². The number of ether oxygens (including phenoxy) is 2. The highest BCUT2D eigenvalue weighted by molar-refractivity contribution is 5.77. The summed E-state index contributed by atoms with van der Waals surface area (Å²) in [5.41, 5.74) is 2.37. The Morgan fingerprint density at radius 2 is 2.08 bits per heavy atom. The lowest BCUT2D eigenvalue weighted by molar-refractivity contribution is -0.144. The smallest absolute Gasteiger partial charge is 0.317 e. The third-order valence-electron chi connectivity index (χ3n) is 4.86. The summed E-state index contributed by atoms with van der Waals surface area (Å²) in [6, 6.07) is 8.13. The Labute approximate surface area is 153 Å². The second-order valence-electron chi connectivity index (χ2n) is 6.94. The first-order chi connectivity index (χ1) is 12.5. The van der Waals surface area contributed by atoms with Crippen molar-refractivity contribution in [3.8, 4) is 0 Å². The number of hydrogen-bond acceptors (Lipinski definition) is 5. The van der Waals surface area contributed by atoms with E-state index in [2.05, 4.69) is 6.07 Å². The second-order valence-corrected chi connectivity index (χ2v) is 6.94. The molecule has 1 fully saturated rings. The van der Waals surface area contributed by atoms with Crippen LogP contribution in [-0.2, 0) is 25.5 Å². The molecule has 2 atom stereocenters. The van der Waals surface area contributed by atoms with E-state index in [1.807, 2.05) is 23.1 Å². The molecule has 1 N–H and O–H groups in total. The highest BCUT2D eigenvalue weighted by Gasteiger charge is 2.29. The van der Waals surface area contributed by atoms with Crippen LogP contribution in [0.2, 0.25) is 0 Å². The van der Waals surface area contributed by atoms with Crippen molar-refractivity contribution in [3.63, 3.8) is 0 Å². The number of aliphatic carboxylic acids is 1. The third kappa shape index (κ3) is 4.81. The average molecular weight is 362 g/mol. The van der Waals surface area contributed by atoms with E-state index >= 15 is 0 Å². The molecular formula is C19H26N2O5. The van der Waals surface area contributed by atoms with Crippen molar-refractivity contribution >= 4 is 11.9 Å². The monoisotopic (exact) mass is 362 g/mol. The fourth-order valence-electron chi connectivity index (χ4n) is 3.63. The molecule has 0 aromatic heterocycles. The molecule has 7 heteroatoms. The molecule has 0 unspecified atom stereocenters. The standard InChI is InChI=1S/C19H26N2O5/c1-20(13-19(23)24)11-15-12-21(7-9-25-15)18(22)10-17-16-5-3-2-4-14(16)6-8-26-17/h2-5,15,17H,6-13H2,1H3,(H,23,24)/t15-,17-/m1/s1. The first kappa shape index (κ1) is 18.8. The van der Waals surface area contributed by atoms with E-state index in [4.69, 9.17) is 14.6 Å². The van der Waals surface area contributed by atoms with Gasteiger partial charge < -0.3 is 19.5 Å². The van der Waals surface area contributed by atoms with Gasteiger partial charge in [0.05, 0.1) is 38.4 Å². The number of morpholine rings is 1. The molecular weight excluding hydrogens is 336 g/mol. The minimum absolute atomic E-state index is 0.0412. The van der Waals surface area contributed by atoms with Gasteiger partial charge in [0.2, 0.25) is 5.91 Å². The van der Waals surface area contributed by atoms with Gasteiger partial charge >= 0.3 is 5.97 Å². The quantitative estimate of drug-likeness (QED) is 0.811. The van der Waals surface area contributed by atoms with Crippen LogP contribution >= 0.6 is 0 Å². The zero-order valence-electron chi connectivity index (χ0n) is 15.1. The van der Waals surface area contributed by atoms with Gasteiger partial charge in [0.1, 0.15) is 0 Å². The van der Waals surface area contributed by atoms with Crippen LogP contribution in [0.15, 0.2) is 24.3 Å². The molecule has 0 bridgehead atoms. The molecule has 0 spiro atoms. The summed E-state index contributed by atoms with van der Waals surface area (Å²) in [7, 11) is 1.74. The maximum Gasteiger partial charge on any atom is 0.317 e. The maximum absolute atomic E-state index is 12.8. The van der Waals surface area contributed by atoms with Crippen LogP contribution in [0.4, 0.5) is 0 Å². The van der Waals surface area contributed by atoms with E-state index in [9.17, 15) is 9.59 Å². The van der Waals surface area contributed by atoms with Crippen LogP contribution < -0.4 is 0 Å². The molecule has 26 heavy (non-hydrogen) atoms. The lowest BCUT2D eigenvalue weighted by Gasteiger charge is -2.35. The van der Waals surface area contributed by atoms with Crippen molar-refractivity contribution < 1.29 is 24.2 Å². The Morgan fingerprint density at radius 3 is 2.88 bits per heavy atom. The number of rotatable bonds is 6. The molecule has 0 saturated carbocycles. The third-order valence-corrected chi connectivity index (χ3v) is 4.86. The topological polar surface area (TPSA) is 79.3 Å². The maximum atomic E-state index is 12.8. The molecule has 1 aromatic rings. The molecule has 2 heterocycles. The van der Waals surface area contributed by atoms with E-state index in [0.717, 1.165) is 12.0 Å². The summed E-state index contributed by atoms with van der Waals surface area (Å²) in [5.74, 6) is -0.815. The van der Waals surface area contributed by atoms with Crippen LogP contribution in [0.25, 0.3) is 0 Å².